The summed E-state index contributed by atoms with van der Waals surface area (Å²) < 4.78 is 5.58. The summed E-state index contributed by atoms with van der Waals surface area (Å²) in [5.74, 6) is -0.538. The number of anilines is 1. The van der Waals surface area contributed by atoms with Crippen molar-refractivity contribution in [2.24, 2.45) is 0 Å². The molecule has 7 nitrogen and oxygen atoms in total. The Balaban J connectivity index is 2.03. The Kier molecular flexibility index (Phi) is 7.48. The number of hydrogen-bond acceptors (Lipinski definition) is 8. The normalized spacial score (nSPS) is 11.8. The summed E-state index contributed by atoms with van der Waals surface area (Å²) in [6, 6.07) is 6.49. The molecule has 0 radical (unpaired) electrons. The third kappa shape index (κ3) is 6.18. The number of carbonyl (C=O) groups is 2. The third-order valence-electron chi connectivity index (χ3n) is 3.04. The molecule has 0 saturated heterocycles. The van der Waals surface area contributed by atoms with Gasteiger partial charge < -0.3 is 15.8 Å². The molecule has 1 heterocycles. The number of nitrogen functional groups attached to an aromatic ring is 1. The van der Waals surface area contributed by atoms with Crippen LogP contribution in [0.1, 0.15) is 24.9 Å². The zero-order valence-electron chi connectivity index (χ0n) is 13.4. The van der Waals surface area contributed by atoms with Gasteiger partial charge in [-0.1, -0.05) is 52.9 Å². The molecule has 0 aliphatic heterocycles. The molecule has 1 aromatic heterocycles. The van der Waals surface area contributed by atoms with Gasteiger partial charge in [0, 0.05) is 5.02 Å². The molecule has 2 rings (SSSR count). The number of nitrogens with one attached hydrogen (secondary N) is 1. The Bertz CT molecular complexity index is 741. The van der Waals surface area contributed by atoms with Crippen molar-refractivity contribution in [1.29, 1.82) is 0 Å². The van der Waals surface area contributed by atoms with Crippen LogP contribution >= 0.6 is 34.7 Å². The first-order valence-electron chi connectivity index (χ1n) is 7.40. The maximum absolute atomic E-state index is 12.3. The highest BCUT2D eigenvalue weighted by atomic mass is 35.5. The van der Waals surface area contributed by atoms with Gasteiger partial charge in [0.15, 0.2) is 4.34 Å². The fourth-order valence-electron chi connectivity index (χ4n) is 2.03. The number of esters is 1. The number of carbonyl (C=O) groups excluding carboxylic acids is 2. The molecule has 0 aliphatic rings. The standard InChI is InChI=1S/C15H17ClN4O3S2/c1-2-23-13(22)7-11(9-5-3-4-6-10(9)16)18-12(21)8-24-15-20-19-14(17)25-15/h3-6,11H,2,7-8H2,1H3,(H2,17,19)(H,18,21). The van der Waals surface area contributed by atoms with Gasteiger partial charge in [-0.3, -0.25) is 9.59 Å². The van der Waals surface area contributed by atoms with Crippen LogP contribution < -0.4 is 11.1 Å². The van der Waals surface area contributed by atoms with Crippen LogP contribution in [0.25, 0.3) is 0 Å². The lowest BCUT2D eigenvalue weighted by molar-refractivity contribution is -0.143. The molecule has 3 N–H and O–H groups in total. The highest BCUT2D eigenvalue weighted by Gasteiger charge is 2.21. The smallest absolute Gasteiger partial charge is 0.308 e. The van der Waals surface area contributed by atoms with Crippen LogP contribution in [0.2, 0.25) is 5.02 Å². The third-order valence-corrected chi connectivity index (χ3v) is 5.27. The number of halogens is 1. The van der Waals surface area contributed by atoms with Crippen molar-refractivity contribution < 1.29 is 14.3 Å². The van der Waals surface area contributed by atoms with Crippen LogP contribution in [0.5, 0.6) is 0 Å². The molecule has 134 valence electrons. The Hall–Kier alpha value is -1.84. The summed E-state index contributed by atoms with van der Waals surface area (Å²) in [4.78, 5) is 24.1. The monoisotopic (exact) mass is 400 g/mol. The van der Waals surface area contributed by atoms with E-state index in [1.165, 1.54) is 23.1 Å². The molecule has 0 bridgehead atoms. The van der Waals surface area contributed by atoms with E-state index in [0.29, 0.717) is 20.1 Å². The van der Waals surface area contributed by atoms with Gasteiger partial charge in [0.05, 0.1) is 24.8 Å². The van der Waals surface area contributed by atoms with E-state index in [0.717, 1.165) is 0 Å². The lowest BCUT2D eigenvalue weighted by atomic mass is 10.0. The highest BCUT2D eigenvalue weighted by molar-refractivity contribution is 8.01. The van der Waals surface area contributed by atoms with E-state index in [9.17, 15) is 9.59 Å². The minimum atomic E-state index is -0.569. The largest absolute Gasteiger partial charge is 0.466 e. The first-order valence-corrected chi connectivity index (χ1v) is 9.58. The number of ether oxygens (including phenoxy) is 1. The van der Waals surface area contributed by atoms with Crippen LogP contribution in [0.3, 0.4) is 0 Å². The predicted octanol–water partition coefficient (Wildman–Crippen LogP) is 2.68. The lowest BCUT2D eigenvalue weighted by Gasteiger charge is -2.19. The van der Waals surface area contributed by atoms with Gasteiger partial charge in [-0.05, 0) is 18.6 Å². The molecule has 1 unspecified atom stereocenters. The second kappa shape index (κ2) is 9.59. The summed E-state index contributed by atoms with van der Waals surface area (Å²) >= 11 is 8.63. The average Bonchev–Trinajstić information content (AvgIpc) is 2.98. The number of rotatable bonds is 8. The van der Waals surface area contributed by atoms with Crippen molar-refractivity contribution in [3.05, 3.63) is 34.9 Å². The van der Waals surface area contributed by atoms with E-state index in [1.807, 2.05) is 0 Å². The molecule has 2 aromatic rings. The highest BCUT2D eigenvalue weighted by Crippen LogP contribution is 2.27. The fraction of sp³-hybridized carbons (Fsp3) is 0.333. The topological polar surface area (TPSA) is 107 Å². The Labute approximate surface area is 158 Å². The number of benzene rings is 1. The van der Waals surface area contributed by atoms with Crippen LogP contribution in [0, 0.1) is 0 Å². The van der Waals surface area contributed by atoms with Crippen LogP contribution in [0.15, 0.2) is 28.6 Å². The minimum Gasteiger partial charge on any atom is -0.466 e. The van der Waals surface area contributed by atoms with Crippen LogP contribution in [-0.4, -0.2) is 34.4 Å². The van der Waals surface area contributed by atoms with E-state index in [4.69, 9.17) is 22.1 Å². The SMILES string of the molecule is CCOC(=O)CC(NC(=O)CSc1nnc(N)s1)c1ccccc1Cl. The van der Waals surface area contributed by atoms with Crippen molar-refractivity contribution in [3.8, 4) is 0 Å². The number of nitrogens with two attached hydrogens (primary N) is 1. The molecular formula is C15H17ClN4O3S2. The van der Waals surface area contributed by atoms with Gasteiger partial charge >= 0.3 is 5.97 Å². The minimum absolute atomic E-state index is 0.000262. The van der Waals surface area contributed by atoms with Crippen molar-refractivity contribution in [2.75, 3.05) is 18.1 Å². The first-order chi connectivity index (χ1) is 12.0. The van der Waals surface area contributed by atoms with E-state index in [-0.39, 0.29) is 24.7 Å². The van der Waals surface area contributed by atoms with Crippen LogP contribution in [0.4, 0.5) is 5.13 Å². The van der Waals surface area contributed by atoms with Gasteiger partial charge in [-0.15, -0.1) is 10.2 Å². The van der Waals surface area contributed by atoms with Gasteiger partial charge in [0.25, 0.3) is 0 Å². The average molecular weight is 401 g/mol. The van der Waals surface area contributed by atoms with Crippen molar-refractivity contribution >= 4 is 51.7 Å². The fourth-order valence-corrected chi connectivity index (χ4v) is 3.74. The molecule has 0 spiro atoms. The Morgan fingerprint density at radius 3 is 2.80 bits per heavy atom. The number of amides is 1. The summed E-state index contributed by atoms with van der Waals surface area (Å²) in [6.07, 6.45) is -0.000262. The second-order valence-electron chi connectivity index (χ2n) is 4.85. The second-order valence-corrected chi connectivity index (χ2v) is 7.48. The summed E-state index contributed by atoms with van der Waals surface area (Å²) in [5.41, 5.74) is 6.17. The summed E-state index contributed by atoms with van der Waals surface area (Å²) in [6.45, 7) is 2.00. The first kappa shape index (κ1) is 19.5. The van der Waals surface area contributed by atoms with Crippen molar-refractivity contribution in [2.45, 2.75) is 23.7 Å². The number of hydrogen-bond donors (Lipinski definition) is 2. The number of aromatic nitrogens is 2. The number of thioether (sulfide) groups is 1. The predicted molar refractivity (Wildman–Crippen MR) is 98.6 cm³/mol. The van der Waals surface area contributed by atoms with Gasteiger partial charge in [0.1, 0.15) is 0 Å². The molecule has 1 atom stereocenters. The van der Waals surface area contributed by atoms with Gasteiger partial charge in [0.2, 0.25) is 11.0 Å². The maximum atomic E-state index is 12.3. The Morgan fingerprint density at radius 2 is 2.16 bits per heavy atom. The quantitative estimate of drug-likeness (QED) is 0.518. The van der Waals surface area contributed by atoms with E-state index in [2.05, 4.69) is 15.5 Å². The zero-order valence-corrected chi connectivity index (χ0v) is 15.8. The molecule has 0 aliphatic carbocycles. The van der Waals surface area contributed by atoms with Crippen molar-refractivity contribution in [1.82, 2.24) is 15.5 Å². The Morgan fingerprint density at radius 1 is 1.40 bits per heavy atom. The summed E-state index contributed by atoms with van der Waals surface area (Å²) in [5, 5.41) is 11.2. The summed E-state index contributed by atoms with van der Waals surface area (Å²) in [7, 11) is 0. The van der Waals surface area contributed by atoms with E-state index >= 15 is 0 Å². The molecule has 1 aromatic carbocycles. The molecule has 0 saturated carbocycles. The van der Waals surface area contributed by atoms with E-state index < -0.39 is 12.0 Å². The molecule has 10 heteroatoms. The molecule has 1 amide bonds. The lowest BCUT2D eigenvalue weighted by Crippen LogP contribution is -2.32. The van der Waals surface area contributed by atoms with Crippen molar-refractivity contribution in [3.63, 3.8) is 0 Å². The van der Waals surface area contributed by atoms with Gasteiger partial charge in [-0.25, -0.2) is 0 Å². The zero-order chi connectivity index (χ0) is 18.2. The number of nitrogens with zero attached hydrogens (tertiary/aromatic N) is 2. The van der Waals surface area contributed by atoms with E-state index in [1.54, 1.807) is 31.2 Å². The molecule has 25 heavy (non-hydrogen) atoms. The maximum Gasteiger partial charge on any atom is 0.308 e. The molecule has 0 fully saturated rings. The van der Waals surface area contributed by atoms with Crippen LogP contribution in [-0.2, 0) is 14.3 Å². The van der Waals surface area contributed by atoms with Gasteiger partial charge in [-0.2, -0.15) is 0 Å². The molecular weight excluding hydrogens is 384 g/mol.